The van der Waals surface area contributed by atoms with Gasteiger partial charge in [0.05, 0.1) is 0 Å². The summed E-state index contributed by atoms with van der Waals surface area (Å²) in [5.41, 5.74) is 2.55. The summed E-state index contributed by atoms with van der Waals surface area (Å²) in [6.45, 7) is 8.48. The highest BCUT2D eigenvalue weighted by Gasteiger charge is 2.26. The Labute approximate surface area is 156 Å². The van der Waals surface area contributed by atoms with Gasteiger partial charge >= 0.3 is 5.97 Å². The van der Waals surface area contributed by atoms with Gasteiger partial charge < -0.3 is 10.2 Å². The van der Waals surface area contributed by atoms with Gasteiger partial charge in [-0.05, 0) is 29.0 Å². The normalized spacial score (nSPS) is 12.8. The number of phenols is 1. The molecular formula is C23H30O3. The van der Waals surface area contributed by atoms with Gasteiger partial charge in [-0.2, -0.15) is 0 Å². The largest absolute Gasteiger partial charge is 0.507 e. The summed E-state index contributed by atoms with van der Waals surface area (Å²) in [6, 6.07) is 13.5. The van der Waals surface area contributed by atoms with Gasteiger partial charge in [0.1, 0.15) is 11.3 Å². The lowest BCUT2D eigenvalue weighted by molar-refractivity contribution is 0.0693. The molecule has 0 aliphatic carbocycles. The van der Waals surface area contributed by atoms with E-state index in [1.54, 1.807) is 6.07 Å². The van der Waals surface area contributed by atoms with Crippen molar-refractivity contribution in [3.63, 3.8) is 0 Å². The van der Waals surface area contributed by atoms with E-state index in [1.807, 2.05) is 43.3 Å². The van der Waals surface area contributed by atoms with Crippen LogP contribution in [0.3, 0.4) is 0 Å². The molecule has 1 unspecified atom stereocenters. The summed E-state index contributed by atoms with van der Waals surface area (Å²) >= 11 is 0. The van der Waals surface area contributed by atoms with Crippen LogP contribution in [0.5, 0.6) is 5.75 Å². The number of hydrogen-bond acceptors (Lipinski definition) is 2. The number of hydrogen-bond donors (Lipinski definition) is 2. The number of carboxylic acid groups (broad SMARTS) is 1. The van der Waals surface area contributed by atoms with Gasteiger partial charge in [-0.25, -0.2) is 4.79 Å². The lowest BCUT2D eigenvalue weighted by Crippen LogP contribution is -2.19. The first-order valence-electron chi connectivity index (χ1n) is 9.43. The van der Waals surface area contributed by atoms with Crippen LogP contribution in [-0.2, 0) is 5.41 Å². The van der Waals surface area contributed by atoms with E-state index in [0.29, 0.717) is 5.56 Å². The average Bonchev–Trinajstić information content (AvgIpc) is 2.61. The Morgan fingerprint density at radius 3 is 2.35 bits per heavy atom. The first-order valence-corrected chi connectivity index (χ1v) is 9.43. The Morgan fingerprint density at radius 1 is 1.12 bits per heavy atom. The highest BCUT2D eigenvalue weighted by atomic mass is 16.4. The van der Waals surface area contributed by atoms with Crippen molar-refractivity contribution in [3.05, 3.63) is 64.7 Å². The SMILES string of the molecule is CCCCCC(C)(C)c1cc(C(=O)O)c(O)c(C(C)c2ccccc2)c1. The van der Waals surface area contributed by atoms with Crippen LogP contribution in [-0.4, -0.2) is 16.2 Å². The molecule has 0 aliphatic rings. The van der Waals surface area contributed by atoms with Crippen LogP contribution in [0.1, 0.15) is 86.3 Å². The predicted octanol–water partition coefficient (Wildman–Crippen LogP) is 6.10. The van der Waals surface area contributed by atoms with E-state index >= 15 is 0 Å². The van der Waals surface area contributed by atoms with Crippen molar-refractivity contribution in [2.45, 2.75) is 64.7 Å². The smallest absolute Gasteiger partial charge is 0.339 e. The molecule has 2 N–H and O–H groups in total. The fourth-order valence-corrected chi connectivity index (χ4v) is 3.42. The quantitative estimate of drug-likeness (QED) is 0.563. The molecule has 1 atom stereocenters. The van der Waals surface area contributed by atoms with E-state index in [9.17, 15) is 15.0 Å². The Kier molecular flexibility index (Phi) is 6.47. The standard InChI is InChI=1S/C23H30O3/c1-5-6-10-13-23(3,4)18-14-19(21(24)20(15-18)22(25)26)16(2)17-11-8-7-9-12-17/h7-9,11-12,14-16,24H,5-6,10,13H2,1-4H3,(H,25,26). The zero-order valence-electron chi connectivity index (χ0n) is 16.2. The number of carboxylic acids is 1. The Balaban J connectivity index is 2.51. The fourth-order valence-electron chi connectivity index (χ4n) is 3.42. The van der Waals surface area contributed by atoms with Crippen molar-refractivity contribution >= 4 is 5.97 Å². The van der Waals surface area contributed by atoms with E-state index in [0.717, 1.165) is 30.4 Å². The van der Waals surface area contributed by atoms with Gasteiger partial charge in [0.25, 0.3) is 0 Å². The van der Waals surface area contributed by atoms with Crippen molar-refractivity contribution in [2.24, 2.45) is 0 Å². The highest BCUT2D eigenvalue weighted by Crippen LogP contribution is 2.39. The second-order valence-electron chi connectivity index (χ2n) is 7.74. The molecule has 3 heteroatoms. The maximum atomic E-state index is 11.7. The molecule has 0 fully saturated rings. The average molecular weight is 354 g/mol. The maximum absolute atomic E-state index is 11.7. The van der Waals surface area contributed by atoms with Crippen molar-refractivity contribution in [2.75, 3.05) is 0 Å². The summed E-state index contributed by atoms with van der Waals surface area (Å²) in [5, 5.41) is 20.2. The van der Waals surface area contributed by atoms with E-state index in [2.05, 4.69) is 20.8 Å². The second kappa shape index (κ2) is 8.39. The highest BCUT2D eigenvalue weighted by molar-refractivity contribution is 5.91. The maximum Gasteiger partial charge on any atom is 0.339 e. The van der Waals surface area contributed by atoms with Crippen LogP contribution in [0, 0.1) is 0 Å². The molecule has 140 valence electrons. The summed E-state index contributed by atoms with van der Waals surface area (Å²) in [5.74, 6) is -1.29. The molecule has 0 bridgehead atoms. The number of unbranched alkanes of at least 4 members (excludes halogenated alkanes) is 2. The summed E-state index contributed by atoms with van der Waals surface area (Å²) in [6.07, 6.45) is 4.42. The number of benzene rings is 2. The minimum atomic E-state index is -1.09. The lowest BCUT2D eigenvalue weighted by Gasteiger charge is -2.28. The molecule has 0 heterocycles. The molecule has 0 aliphatic heterocycles. The molecule has 3 nitrogen and oxygen atoms in total. The molecule has 0 saturated carbocycles. The predicted molar refractivity (Wildman–Crippen MR) is 106 cm³/mol. The number of carbonyl (C=O) groups is 1. The van der Waals surface area contributed by atoms with Gasteiger partial charge in [0, 0.05) is 11.5 Å². The lowest BCUT2D eigenvalue weighted by atomic mass is 9.77. The zero-order valence-corrected chi connectivity index (χ0v) is 16.2. The van der Waals surface area contributed by atoms with E-state index in [1.165, 1.54) is 6.42 Å². The first-order chi connectivity index (χ1) is 12.3. The van der Waals surface area contributed by atoms with Crippen molar-refractivity contribution in [1.82, 2.24) is 0 Å². The summed E-state index contributed by atoms with van der Waals surface area (Å²) in [7, 11) is 0. The van der Waals surface area contributed by atoms with Crippen LogP contribution in [0.2, 0.25) is 0 Å². The minimum absolute atomic E-state index is 0.0103. The molecule has 0 amide bonds. The molecule has 0 spiro atoms. The number of rotatable bonds is 8. The zero-order chi connectivity index (χ0) is 19.3. The molecule has 2 aromatic rings. The van der Waals surface area contributed by atoms with Crippen LogP contribution in [0.25, 0.3) is 0 Å². The third-order valence-corrected chi connectivity index (χ3v) is 5.32. The van der Waals surface area contributed by atoms with Crippen molar-refractivity contribution < 1.29 is 15.0 Å². The Bertz CT molecular complexity index is 748. The molecule has 2 rings (SSSR count). The van der Waals surface area contributed by atoms with Gasteiger partial charge in [0.2, 0.25) is 0 Å². The third-order valence-electron chi connectivity index (χ3n) is 5.32. The van der Waals surface area contributed by atoms with Gasteiger partial charge in [-0.1, -0.05) is 83.4 Å². The van der Waals surface area contributed by atoms with Crippen LogP contribution >= 0.6 is 0 Å². The van der Waals surface area contributed by atoms with Gasteiger partial charge in [0.15, 0.2) is 0 Å². The van der Waals surface area contributed by atoms with Crippen LogP contribution < -0.4 is 0 Å². The molecule has 2 aromatic carbocycles. The van der Waals surface area contributed by atoms with E-state index in [-0.39, 0.29) is 22.6 Å². The van der Waals surface area contributed by atoms with Crippen LogP contribution in [0.4, 0.5) is 0 Å². The van der Waals surface area contributed by atoms with Gasteiger partial charge in [-0.3, -0.25) is 0 Å². The van der Waals surface area contributed by atoms with Crippen molar-refractivity contribution in [3.8, 4) is 5.75 Å². The Hall–Kier alpha value is -2.29. The third kappa shape index (κ3) is 4.46. The summed E-state index contributed by atoms with van der Waals surface area (Å²) in [4.78, 5) is 11.7. The second-order valence-corrected chi connectivity index (χ2v) is 7.74. The number of aromatic hydroxyl groups is 1. The molecule has 26 heavy (non-hydrogen) atoms. The molecule has 0 aromatic heterocycles. The first kappa shape index (κ1) is 20.0. The minimum Gasteiger partial charge on any atom is -0.507 e. The van der Waals surface area contributed by atoms with E-state index in [4.69, 9.17) is 0 Å². The Morgan fingerprint density at radius 2 is 1.77 bits per heavy atom. The van der Waals surface area contributed by atoms with Crippen LogP contribution in [0.15, 0.2) is 42.5 Å². The van der Waals surface area contributed by atoms with E-state index < -0.39 is 5.97 Å². The van der Waals surface area contributed by atoms with Gasteiger partial charge in [-0.15, -0.1) is 0 Å². The topological polar surface area (TPSA) is 57.5 Å². The fraction of sp³-hybridized carbons (Fsp3) is 0.435. The van der Waals surface area contributed by atoms with Crippen molar-refractivity contribution in [1.29, 1.82) is 0 Å². The number of aromatic carboxylic acids is 1. The molecule has 0 radical (unpaired) electrons. The summed E-state index contributed by atoms with van der Waals surface area (Å²) < 4.78 is 0. The molecule has 0 saturated heterocycles. The molecular weight excluding hydrogens is 324 g/mol. The monoisotopic (exact) mass is 354 g/mol.